The van der Waals surface area contributed by atoms with Crippen molar-refractivity contribution in [3.05, 3.63) is 0 Å². The van der Waals surface area contributed by atoms with Gasteiger partial charge in [0.15, 0.2) is 0 Å². The monoisotopic (exact) mass is 227 g/mol. The molecule has 0 amide bonds. The van der Waals surface area contributed by atoms with Crippen molar-refractivity contribution < 1.29 is 0 Å². The molecule has 1 rings (SSSR count). The zero-order valence-corrected chi connectivity index (χ0v) is 11.6. The molecule has 3 heteroatoms. The van der Waals surface area contributed by atoms with E-state index in [0.717, 1.165) is 0 Å². The third-order valence-electron chi connectivity index (χ3n) is 3.47. The first-order chi connectivity index (χ1) is 7.52. The molecule has 16 heavy (non-hydrogen) atoms. The third-order valence-corrected chi connectivity index (χ3v) is 3.47. The molecule has 96 valence electrons. The number of hydrogen-bond acceptors (Lipinski definition) is 3. The molecule has 1 aliphatic rings. The Labute approximate surface area is 101 Å². The summed E-state index contributed by atoms with van der Waals surface area (Å²) >= 11 is 0. The maximum atomic E-state index is 3.67. The average Bonchev–Trinajstić information content (AvgIpc) is 2.17. The van der Waals surface area contributed by atoms with Crippen molar-refractivity contribution in [1.82, 2.24) is 15.1 Å². The predicted octanol–water partition coefficient (Wildman–Crippen LogP) is 1.40. The van der Waals surface area contributed by atoms with Crippen LogP contribution in [0.5, 0.6) is 0 Å². The number of nitrogens with one attached hydrogen (secondary N) is 1. The van der Waals surface area contributed by atoms with Crippen LogP contribution in [0.1, 0.15) is 32.6 Å². The Morgan fingerprint density at radius 1 is 1.12 bits per heavy atom. The van der Waals surface area contributed by atoms with Gasteiger partial charge in [-0.3, -0.25) is 0 Å². The molecule has 0 radical (unpaired) electrons. The molecule has 1 atom stereocenters. The van der Waals surface area contributed by atoms with Gasteiger partial charge in [0.05, 0.1) is 0 Å². The Balaban J connectivity index is 2.19. The van der Waals surface area contributed by atoms with Crippen LogP contribution in [0.25, 0.3) is 0 Å². The molecule has 0 bridgehead atoms. The Bertz CT molecular complexity index is 186. The third kappa shape index (κ3) is 5.28. The van der Waals surface area contributed by atoms with Crippen LogP contribution < -0.4 is 5.32 Å². The fourth-order valence-electron chi connectivity index (χ4n) is 2.59. The molecule has 1 unspecified atom stereocenters. The van der Waals surface area contributed by atoms with Gasteiger partial charge in [0.25, 0.3) is 0 Å². The summed E-state index contributed by atoms with van der Waals surface area (Å²) in [6, 6.07) is 0. The SMILES string of the molecule is CN(C)CCCN(C)CC1(C)CCCCN1. The highest BCUT2D eigenvalue weighted by Gasteiger charge is 2.27. The minimum absolute atomic E-state index is 0.352. The molecule has 1 aliphatic heterocycles. The molecule has 1 heterocycles. The van der Waals surface area contributed by atoms with Crippen LogP contribution in [0, 0.1) is 0 Å². The lowest BCUT2D eigenvalue weighted by atomic mass is 9.90. The van der Waals surface area contributed by atoms with Crippen molar-refractivity contribution in [2.75, 3.05) is 47.3 Å². The van der Waals surface area contributed by atoms with E-state index in [1.807, 2.05) is 0 Å². The predicted molar refractivity (Wildman–Crippen MR) is 70.9 cm³/mol. The lowest BCUT2D eigenvalue weighted by Crippen LogP contribution is -2.53. The topological polar surface area (TPSA) is 18.5 Å². The van der Waals surface area contributed by atoms with Crippen molar-refractivity contribution in [1.29, 1.82) is 0 Å². The second-order valence-electron chi connectivity index (χ2n) is 5.84. The van der Waals surface area contributed by atoms with Crippen LogP contribution >= 0.6 is 0 Å². The smallest absolute Gasteiger partial charge is 0.0280 e. The van der Waals surface area contributed by atoms with E-state index in [9.17, 15) is 0 Å². The maximum absolute atomic E-state index is 3.67. The Hall–Kier alpha value is -0.120. The van der Waals surface area contributed by atoms with E-state index in [1.54, 1.807) is 0 Å². The number of likely N-dealkylation sites (N-methyl/N-ethyl adjacent to an activating group) is 1. The van der Waals surface area contributed by atoms with Crippen molar-refractivity contribution in [2.24, 2.45) is 0 Å². The van der Waals surface area contributed by atoms with Crippen LogP contribution in [0.4, 0.5) is 0 Å². The van der Waals surface area contributed by atoms with E-state index in [2.05, 4.69) is 43.2 Å². The summed E-state index contributed by atoms with van der Waals surface area (Å²) in [5.74, 6) is 0. The molecule has 1 N–H and O–H groups in total. The van der Waals surface area contributed by atoms with Gasteiger partial charge in [-0.05, 0) is 67.0 Å². The molecule has 1 fully saturated rings. The Morgan fingerprint density at radius 3 is 2.44 bits per heavy atom. The van der Waals surface area contributed by atoms with Gasteiger partial charge in [0.1, 0.15) is 0 Å². The maximum Gasteiger partial charge on any atom is 0.0280 e. The largest absolute Gasteiger partial charge is 0.310 e. The van der Waals surface area contributed by atoms with E-state index in [-0.39, 0.29) is 0 Å². The Morgan fingerprint density at radius 2 is 1.88 bits per heavy atom. The van der Waals surface area contributed by atoms with Crippen LogP contribution in [0.15, 0.2) is 0 Å². The first kappa shape index (κ1) is 13.9. The van der Waals surface area contributed by atoms with E-state index in [0.29, 0.717) is 5.54 Å². The minimum Gasteiger partial charge on any atom is -0.310 e. The lowest BCUT2D eigenvalue weighted by molar-refractivity contribution is 0.182. The second-order valence-corrected chi connectivity index (χ2v) is 5.84. The van der Waals surface area contributed by atoms with E-state index in [4.69, 9.17) is 0 Å². The van der Waals surface area contributed by atoms with Crippen molar-refractivity contribution in [3.63, 3.8) is 0 Å². The molecule has 0 aromatic rings. The highest BCUT2D eigenvalue weighted by Crippen LogP contribution is 2.19. The summed E-state index contributed by atoms with van der Waals surface area (Å²) in [6.07, 6.45) is 5.32. The summed E-state index contributed by atoms with van der Waals surface area (Å²) < 4.78 is 0. The highest BCUT2D eigenvalue weighted by molar-refractivity contribution is 4.88. The van der Waals surface area contributed by atoms with E-state index < -0.39 is 0 Å². The van der Waals surface area contributed by atoms with Crippen molar-refractivity contribution in [3.8, 4) is 0 Å². The Kier molecular flexibility index (Phi) is 5.73. The molecular formula is C13H29N3. The normalized spacial score (nSPS) is 26.6. The van der Waals surface area contributed by atoms with Gasteiger partial charge in [-0.15, -0.1) is 0 Å². The van der Waals surface area contributed by atoms with Gasteiger partial charge in [-0.2, -0.15) is 0 Å². The van der Waals surface area contributed by atoms with Gasteiger partial charge in [-0.25, -0.2) is 0 Å². The number of rotatable bonds is 6. The summed E-state index contributed by atoms with van der Waals surface area (Å²) in [4.78, 5) is 4.73. The van der Waals surface area contributed by atoms with Gasteiger partial charge in [-0.1, -0.05) is 6.42 Å². The number of hydrogen-bond donors (Lipinski definition) is 1. The zero-order chi connectivity index (χ0) is 12.0. The van der Waals surface area contributed by atoms with Crippen LogP contribution in [-0.2, 0) is 0 Å². The van der Waals surface area contributed by atoms with Gasteiger partial charge in [0.2, 0.25) is 0 Å². The number of piperidine rings is 1. The first-order valence-corrected chi connectivity index (χ1v) is 6.60. The van der Waals surface area contributed by atoms with Gasteiger partial charge >= 0.3 is 0 Å². The molecular weight excluding hydrogens is 198 g/mol. The number of nitrogens with zero attached hydrogens (tertiary/aromatic N) is 2. The molecule has 3 nitrogen and oxygen atoms in total. The molecule has 0 spiro atoms. The fourth-order valence-corrected chi connectivity index (χ4v) is 2.59. The summed E-state index contributed by atoms with van der Waals surface area (Å²) in [5.41, 5.74) is 0.352. The summed E-state index contributed by atoms with van der Waals surface area (Å²) in [6.45, 7) is 7.14. The van der Waals surface area contributed by atoms with Crippen LogP contribution in [0.2, 0.25) is 0 Å². The molecule has 1 saturated heterocycles. The minimum atomic E-state index is 0.352. The van der Waals surface area contributed by atoms with E-state index >= 15 is 0 Å². The molecule has 0 saturated carbocycles. The molecule has 0 aliphatic carbocycles. The second kappa shape index (κ2) is 6.58. The van der Waals surface area contributed by atoms with Gasteiger partial charge < -0.3 is 15.1 Å². The first-order valence-electron chi connectivity index (χ1n) is 6.60. The van der Waals surface area contributed by atoms with Crippen LogP contribution in [0.3, 0.4) is 0 Å². The molecule has 0 aromatic heterocycles. The van der Waals surface area contributed by atoms with Gasteiger partial charge in [0, 0.05) is 12.1 Å². The summed E-state index contributed by atoms with van der Waals surface area (Å²) in [7, 11) is 6.53. The fraction of sp³-hybridized carbons (Fsp3) is 1.00. The summed E-state index contributed by atoms with van der Waals surface area (Å²) in [5, 5.41) is 3.67. The average molecular weight is 227 g/mol. The highest BCUT2D eigenvalue weighted by atomic mass is 15.2. The van der Waals surface area contributed by atoms with Crippen LogP contribution in [-0.4, -0.2) is 62.7 Å². The zero-order valence-electron chi connectivity index (χ0n) is 11.6. The molecule has 0 aromatic carbocycles. The van der Waals surface area contributed by atoms with E-state index in [1.165, 1.54) is 51.9 Å². The quantitative estimate of drug-likeness (QED) is 0.740. The van der Waals surface area contributed by atoms with Crippen molar-refractivity contribution in [2.45, 2.75) is 38.1 Å². The lowest BCUT2D eigenvalue weighted by Gasteiger charge is -2.38. The van der Waals surface area contributed by atoms with Crippen molar-refractivity contribution >= 4 is 0 Å². The standard InChI is InChI=1S/C13H29N3/c1-13(8-5-6-9-14-13)12-16(4)11-7-10-15(2)3/h14H,5-12H2,1-4H3.